The first kappa shape index (κ1) is 24.0. The number of nitrogens with one attached hydrogen (secondary N) is 2. The topological polar surface area (TPSA) is 50.4 Å². The first-order valence-electron chi connectivity index (χ1n) is 11.6. The van der Waals surface area contributed by atoms with Crippen molar-refractivity contribution >= 4 is 5.91 Å². The summed E-state index contributed by atoms with van der Waals surface area (Å²) in [4.78, 5) is 12.4. The molecule has 2 atom stereocenters. The quantitative estimate of drug-likeness (QED) is 0.419. The number of hydrogen-bond acceptors (Lipinski definition) is 3. The Morgan fingerprint density at radius 1 is 1.16 bits per heavy atom. The van der Waals surface area contributed by atoms with Crippen molar-refractivity contribution in [2.24, 2.45) is 0 Å². The van der Waals surface area contributed by atoms with E-state index in [-0.39, 0.29) is 23.9 Å². The molecule has 0 aromatic heterocycles. The largest absolute Gasteiger partial charge is 0.372 e. The summed E-state index contributed by atoms with van der Waals surface area (Å²) in [6.07, 6.45) is 6.53. The molecule has 0 bridgehead atoms. The lowest BCUT2D eigenvalue weighted by Crippen LogP contribution is -2.40. The van der Waals surface area contributed by atoms with Crippen LogP contribution in [0.25, 0.3) is 0 Å². The van der Waals surface area contributed by atoms with Crippen molar-refractivity contribution in [3.8, 4) is 11.8 Å². The normalized spacial score (nSPS) is 17.6. The number of carbonyl (C=O) groups excluding carboxylic acids is 1. The van der Waals surface area contributed by atoms with Gasteiger partial charge in [-0.15, -0.1) is 0 Å². The summed E-state index contributed by atoms with van der Waals surface area (Å²) in [6.45, 7) is 3.68. The lowest BCUT2D eigenvalue weighted by molar-refractivity contribution is -0.123. The minimum atomic E-state index is -0.299. The zero-order valence-corrected chi connectivity index (χ0v) is 18.8. The van der Waals surface area contributed by atoms with E-state index in [2.05, 4.69) is 29.4 Å². The van der Waals surface area contributed by atoms with Crippen LogP contribution in [-0.4, -0.2) is 24.6 Å². The maximum absolute atomic E-state index is 13.2. The predicted molar refractivity (Wildman–Crippen MR) is 125 cm³/mol. The Kier molecular flexibility index (Phi) is 9.74. The van der Waals surface area contributed by atoms with E-state index in [4.69, 9.17) is 4.74 Å². The number of ether oxygens (including phenoxy) is 1. The minimum absolute atomic E-state index is 0.0116. The zero-order valence-electron chi connectivity index (χ0n) is 18.8. The molecule has 32 heavy (non-hydrogen) atoms. The predicted octanol–water partition coefficient (Wildman–Crippen LogP) is 4.71. The maximum Gasteiger partial charge on any atom is 0.237 e. The van der Waals surface area contributed by atoms with E-state index in [1.165, 1.54) is 37.8 Å². The van der Waals surface area contributed by atoms with E-state index in [9.17, 15) is 9.18 Å². The van der Waals surface area contributed by atoms with E-state index in [0.717, 1.165) is 23.1 Å². The second-order valence-electron chi connectivity index (χ2n) is 8.29. The molecule has 1 fully saturated rings. The second kappa shape index (κ2) is 13.0. The lowest BCUT2D eigenvalue weighted by Gasteiger charge is -2.12. The van der Waals surface area contributed by atoms with Gasteiger partial charge in [-0.05, 0) is 48.2 Å². The Morgan fingerprint density at radius 2 is 2.00 bits per heavy atom. The monoisotopic (exact) mass is 436 g/mol. The molecule has 170 valence electrons. The average molecular weight is 437 g/mol. The van der Waals surface area contributed by atoms with Gasteiger partial charge in [0, 0.05) is 25.1 Å². The van der Waals surface area contributed by atoms with E-state index >= 15 is 0 Å². The molecule has 3 rings (SSSR count). The number of hydrogen-bond donors (Lipinski definition) is 2. The van der Waals surface area contributed by atoms with Crippen LogP contribution >= 0.6 is 0 Å². The van der Waals surface area contributed by atoms with Gasteiger partial charge in [-0.3, -0.25) is 4.79 Å². The van der Waals surface area contributed by atoms with Gasteiger partial charge < -0.3 is 15.4 Å². The summed E-state index contributed by atoms with van der Waals surface area (Å²) in [6, 6.07) is 14.1. The molecule has 1 heterocycles. The molecule has 2 aromatic rings. The molecular weight excluding hydrogens is 403 g/mol. The van der Waals surface area contributed by atoms with Gasteiger partial charge in [0.1, 0.15) is 5.82 Å². The summed E-state index contributed by atoms with van der Waals surface area (Å²) in [7, 11) is 0. The first-order chi connectivity index (χ1) is 15.6. The molecule has 0 aliphatic carbocycles. The molecule has 4 nitrogen and oxygen atoms in total. The number of amides is 1. The number of benzene rings is 2. The van der Waals surface area contributed by atoms with Gasteiger partial charge in [-0.1, -0.05) is 62.3 Å². The third kappa shape index (κ3) is 8.11. The summed E-state index contributed by atoms with van der Waals surface area (Å²) >= 11 is 0. The molecule has 1 saturated heterocycles. The van der Waals surface area contributed by atoms with Gasteiger partial charge in [0.25, 0.3) is 0 Å². The fourth-order valence-corrected chi connectivity index (χ4v) is 3.69. The number of rotatable bonds is 10. The summed E-state index contributed by atoms with van der Waals surface area (Å²) in [5.74, 6) is 6.09. The second-order valence-corrected chi connectivity index (χ2v) is 8.29. The zero-order chi connectivity index (χ0) is 22.6. The van der Waals surface area contributed by atoms with E-state index in [0.29, 0.717) is 26.1 Å². The highest BCUT2D eigenvalue weighted by Crippen LogP contribution is 2.14. The highest BCUT2D eigenvalue weighted by atomic mass is 19.1. The fraction of sp³-hybridized carbons (Fsp3) is 0.444. The van der Waals surface area contributed by atoms with Gasteiger partial charge in [-0.25, -0.2) is 4.39 Å². The summed E-state index contributed by atoms with van der Waals surface area (Å²) < 4.78 is 19.2. The molecule has 1 aliphatic heterocycles. The van der Waals surface area contributed by atoms with E-state index in [1.807, 2.05) is 24.3 Å². The molecule has 0 radical (unpaired) electrons. The third-order valence-corrected chi connectivity index (χ3v) is 5.59. The van der Waals surface area contributed by atoms with Crippen LogP contribution in [0.3, 0.4) is 0 Å². The Morgan fingerprint density at radius 3 is 2.78 bits per heavy atom. The van der Waals surface area contributed by atoms with Crippen LogP contribution in [0.5, 0.6) is 0 Å². The summed E-state index contributed by atoms with van der Waals surface area (Å²) in [5.41, 5.74) is 2.87. The number of halogens is 1. The van der Waals surface area contributed by atoms with Gasteiger partial charge >= 0.3 is 0 Å². The van der Waals surface area contributed by atoms with Crippen molar-refractivity contribution in [1.29, 1.82) is 0 Å². The Balaban J connectivity index is 1.35. The molecule has 0 spiro atoms. The fourth-order valence-electron chi connectivity index (χ4n) is 3.69. The highest BCUT2D eigenvalue weighted by Gasteiger charge is 2.29. The van der Waals surface area contributed by atoms with Crippen molar-refractivity contribution in [1.82, 2.24) is 10.6 Å². The number of carbonyl (C=O) groups is 1. The number of unbranched alkanes of at least 4 members (excludes halogenated alkanes) is 4. The molecule has 1 aliphatic rings. The van der Waals surface area contributed by atoms with Crippen molar-refractivity contribution in [3.05, 3.63) is 71.0 Å². The van der Waals surface area contributed by atoms with Crippen LogP contribution in [0.4, 0.5) is 4.39 Å². The molecule has 1 amide bonds. The Bertz CT molecular complexity index is 917. The Hall–Kier alpha value is -2.68. The van der Waals surface area contributed by atoms with E-state index < -0.39 is 0 Å². The minimum Gasteiger partial charge on any atom is -0.372 e. The van der Waals surface area contributed by atoms with Crippen molar-refractivity contribution in [3.63, 3.8) is 0 Å². The summed E-state index contributed by atoms with van der Waals surface area (Å²) in [5, 5.41) is 6.07. The molecule has 0 saturated carbocycles. The third-order valence-electron chi connectivity index (χ3n) is 5.59. The van der Waals surface area contributed by atoms with Crippen LogP contribution in [-0.2, 0) is 22.7 Å². The van der Waals surface area contributed by atoms with Crippen molar-refractivity contribution < 1.29 is 13.9 Å². The van der Waals surface area contributed by atoms with Crippen LogP contribution in [0.2, 0.25) is 0 Å². The standard InChI is InChI=1S/C27H33FN2O2/c1-2-3-4-5-6-7-9-21-12-14-22(15-13-21)20-32-25-17-26(29-19-25)27(31)30-18-23-10-8-11-24(28)16-23/h8,10-16,25-26,29H,2-6,17-20H2,1H3,(H,30,31)/t25-,26+/m1/s1. The van der Waals surface area contributed by atoms with Crippen LogP contribution in [0, 0.1) is 17.7 Å². The Labute approximate surface area is 190 Å². The van der Waals surface area contributed by atoms with Crippen molar-refractivity contribution in [2.45, 2.75) is 70.7 Å². The molecule has 2 aromatic carbocycles. The molecular formula is C27H33FN2O2. The van der Waals surface area contributed by atoms with Gasteiger partial charge in [0.2, 0.25) is 5.91 Å². The lowest BCUT2D eigenvalue weighted by atomic mass is 10.1. The molecule has 0 unspecified atom stereocenters. The maximum atomic E-state index is 13.2. The van der Waals surface area contributed by atoms with Gasteiger partial charge in [0.05, 0.1) is 18.8 Å². The van der Waals surface area contributed by atoms with Gasteiger partial charge in [-0.2, -0.15) is 0 Å². The van der Waals surface area contributed by atoms with Crippen LogP contribution < -0.4 is 10.6 Å². The molecule has 5 heteroatoms. The van der Waals surface area contributed by atoms with Crippen molar-refractivity contribution in [2.75, 3.05) is 6.54 Å². The van der Waals surface area contributed by atoms with E-state index in [1.54, 1.807) is 12.1 Å². The highest BCUT2D eigenvalue weighted by molar-refractivity contribution is 5.82. The average Bonchev–Trinajstić information content (AvgIpc) is 3.28. The first-order valence-corrected chi connectivity index (χ1v) is 11.6. The SMILES string of the molecule is CCCCCCC#Cc1ccc(CO[C@H]2CN[C@H](C(=O)NCc3cccc(F)c3)C2)cc1. The smallest absolute Gasteiger partial charge is 0.237 e. The molecule has 2 N–H and O–H groups in total. The van der Waals surface area contributed by atoms with Crippen LogP contribution in [0.15, 0.2) is 48.5 Å². The van der Waals surface area contributed by atoms with Gasteiger partial charge in [0.15, 0.2) is 0 Å². The van der Waals surface area contributed by atoms with Crippen LogP contribution in [0.1, 0.15) is 62.1 Å².